The summed E-state index contributed by atoms with van der Waals surface area (Å²) in [6.07, 6.45) is 5.38. The molecule has 0 aliphatic heterocycles. The Bertz CT molecular complexity index is 1160. The van der Waals surface area contributed by atoms with Gasteiger partial charge in [-0.25, -0.2) is 4.98 Å². The minimum absolute atomic E-state index is 0.0739. The van der Waals surface area contributed by atoms with E-state index < -0.39 is 11.5 Å². The molecule has 0 unspecified atom stereocenters. The van der Waals surface area contributed by atoms with Crippen molar-refractivity contribution < 1.29 is 9.32 Å². The zero-order valence-corrected chi connectivity index (χ0v) is 16.8. The second kappa shape index (κ2) is 8.02. The molecule has 0 bridgehead atoms. The van der Waals surface area contributed by atoms with Gasteiger partial charge in [0.25, 0.3) is 11.5 Å². The molecule has 0 saturated carbocycles. The Kier molecular flexibility index (Phi) is 5.28. The molecule has 10 heteroatoms. The van der Waals surface area contributed by atoms with E-state index in [9.17, 15) is 9.59 Å². The van der Waals surface area contributed by atoms with E-state index in [1.54, 1.807) is 29.5 Å². The summed E-state index contributed by atoms with van der Waals surface area (Å²) < 4.78 is 6.74. The molecule has 9 nitrogen and oxygen atoms in total. The van der Waals surface area contributed by atoms with Gasteiger partial charge in [-0.3, -0.25) is 18.9 Å². The molecule has 1 amide bonds. The first-order valence-electron chi connectivity index (χ1n) is 9.00. The van der Waals surface area contributed by atoms with Crippen LogP contribution in [0.3, 0.4) is 0 Å². The Morgan fingerprint density at radius 3 is 2.86 bits per heavy atom. The molecule has 0 fully saturated rings. The summed E-state index contributed by atoms with van der Waals surface area (Å²) in [6, 6.07) is 5.07. The first-order valence-corrected chi connectivity index (χ1v) is 9.82. The van der Waals surface area contributed by atoms with Gasteiger partial charge in [0, 0.05) is 42.1 Å². The second-order valence-corrected chi connectivity index (χ2v) is 8.05. The number of thiazole rings is 1. The zero-order chi connectivity index (χ0) is 20.4. The summed E-state index contributed by atoms with van der Waals surface area (Å²) in [6.45, 7) is 3.37. The van der Waals surface area contributed by atoms with E-state index in [1.807, 2.05) is 35.7 Å². The highest BCUT2D eigenvalue weighted by molar-refractivity contribution is 7.16. The van der Waals surface area contributed by atoms with Gasteiger partial charge >= 0.3 is 0 Å². The van der Waals surface area contributed by atoms with Crippen molar-refractivity contribution in [1.82, 2.24) is 29.7 Å². The molecular weight excluding hydrogens is 392 g/mol. The summed E-state index contributed by atoms with van der Waals surface area (Å²) in [7, 11) is 1.91. The molecule has 0 aromatic carbocycles. The minimum Gasteiger partial charge on any atom is -0.364 e. The average Bonchev–Trinajstić information content (AvgIpc) is 3.36. The molecular formula is C19H20N6O3S. The third-order valence-corrected chi connectivity index (χ3v) is 5.24. The highest BCUT2D eigenvalue weighted by atomic mass is 32.1. The third kappa shape index (κ3) is 4.44. The molecule has 4 aromatic heterocycles. The van der Waals surface area contributed by atoms with Gasteiger partial charge in [-0.15, -0.1) is 11.3 Å². The van der Waals surface area contributed by atoms with E-state index in [0.29, 0.717) is 18.8 Å². The molecule has 4 rings (SSSR count). The Hall–Kier alpha value is -3.24. The monoisotopic (exact) mass is 412 g/mol. The van der Waals surface area contributed by atoms with E-state index in [1.165, 1.54) is 11.1 Å². The van der Waals surface area contributed by atoms with Gasteiger partial charge in [-0.2, -0.15) is 0 Å². The summed E-state index contributed by atoms with van der Waals surface area (Å²) in [4.78, 5) is 36.0. The van der Waals surface area contributed by atoms with Crippen LogP contribution in [0, 0.1) is 6.92 Å². The standard InChI is InChI=1S/C19H20N6O3S/c1-12-8-25-11-15(22-19(25)29-12)7-20-17(26)16-4-3-13(21-18(16)27)9-24(2)10-14-5-6-28-23-14/h3-6,8,11H,7,9-10H2,1-2H3,(H,20,26)(H,21,27). The van der Waals surface area contributed by atoms with Crippen molar-refractivity contribution in [3.8, 4) is 0 Å². The number of pyridine rings is 1. The molecule has 0 saturated heterocycles. The number of rotatable bonds is 7. The quantitative estimate of drug-likeness (QED) is 0.480. The Morgan fingerprint density at radius 2 is 2.14 bits per heavy atom. The summed E-state index contributed by atoms with van der Waals surface area (Å²) in [5.41, 5.74) is 1.91. The first-order chi connectivity index (χ1) is 14.0. The molecule has 29 heavy (non-hydrogen) atoms. The van der Waals surface area contributed by atoms with Crippen LogP contribution >= 0.6 is 11.3 Å². The molecule has 4 heterocycles. The normalized spacial score (nSPS) is 11.4. The number of aromatic nitrogens is 4. The Labute approximate surface area is 170 Å². The van der Waals surface area contributed by atoms with E-state index in [-0.39, 0.29) is 12.1 Å². The topological polar surface area (TPSA) is 109 Å². The molecule has 0 aliphatic rings. The van der Waals surface area contributed by atoms with Crippen molar-refractivity contribution in [2.45, 2.75) is 26.6 Å². The lowest BCUT2D eigenvalue weighted by Gasteiger charge is -2.14. The number of H-pyrrole nitrogens is 1. The lowest BCUT2D eigenvalue weighted by Crippen LogP contribution is -2.30. The number of fused-ring (bicyclic) bond motifs is 1. The molecule has 4 aromatic rings. The third-order valence-electron chi connectivity index (χ3n) is 4.33. The fourth-order valence-corrected chi connectivity index (χ4v) is 3.87. The highest BCUT2D eigenvalue weighted by Gasteiger charge is 2.13. The number of amides is 1. The smallest absolute Gasteiger partial charge is 0.261 e. The van der Waals surface area contributed by atoms with Gasteiger partial charge in [-0.05, 0) is 26.1 Å². The molecule has 0 spiro atoms. The van der Waals surface area contributed by atoms with Gasteiger partial charge in [0.2, 0.25) is 0 Å². The number of carbonyl (C=O) groups excluding carboxylic acids is 1. The number of carbonyl (C=O) groups is 1. The van der Waals surface area contributed by atoms with Gasteiger partial charge in [0.05, 0.1) is 17.9 Å². The predicted molar refractivity (Wildman–Crippen MR) is 108 cm³/mol. The number of nitrogens with zero attached hydrogens (tertiary/aromatic N) is 4. The fraction of sp³-hybridized carbons (Fsp3) is 0.263. The van der Waals surface area contributed by atoms with Crippen molar-refractivity contribution in [3.05, 3.63) is 74.7 Å². The fourth-order valence-electron chi connectivity index (χ4n) is 3.04. The van der Waals surface area contributed by atoms with E-state index in [2.05, 4.69) is 20.4 Å². The van der Waals surface area contributed by atoms with Crippen LogP contribution in [0.5, 0.6) is 0 Å². The van der Waals surface area contributed by atoms with Crippen molar-refractivity contribution in [2.24, 2.45) is 0 Å². The van der Waals surface area contributed by atoms with E-state index >= 15 is 0 Å². The maximum Gasteiger partial charge on any atom is 0.261 e. The second-order valence-electron chi connectivity index (χ2n) is 6.84. The van der Waals surface area contributed by atoms with Crippen LogP contribution < -0.4 is 10.9 Å². The molecule has 2 N–H and O–H groups in total. The van der Waals surface area contributed by atoms with Crippen LogP contribution in [-0.4, -0.2) is 37.4 Å². The lowest BCUT2D eigenvalue weighted by molar-refractivity contribution is 0.0949. The highest BCUT2D eigenvalue weighted by Crippen LogP contribution is 2.16. The lowest BCUT2D eigenvalue weighted by atomic mass is 10.2. The molecule has 150 valence electrons. The Balaban J connectivity index is 1.36. The number of aryl methyl sites for hydroxylation is 1. The number of nitrogens with one attached hydrogen (secondary N) is 2. The number of imidazole rings is 1. The van der Waals surface area contributed by atoms with Crippen LogP contribution in [-0.2, 0) is 19.6 Å². The van der Waals surface area contributed by atoms with Gasteiger partial charge in [0.15, 0.2) is 4.96 Å². The largest absolute Gasteiger partial charge is 0.364 e. The predicted octanol–water partition coefficient (Wildman–Crippen LogP) is 1.94. The molecule has 0 aliphatic carbocycles. The maximum absolute atomic E-state index is 12.4. The van der Waals surface area contributed by atoms with Crippen molar-refractivity contribution >= 4 is 22.2 Å². The summed E-state index contributed by atoms with van der Waals surface area (Å²) in [5, 5.41) is 6.62. The van der Waals surface area contributed by atoms with Gasteiger partial charge < -0.3 is 14.8 Å². The van der Waals surface area contributed by atoms with Crippen molar-refractivity contribution in [1.29, 1.82) is 0 Å². The average molecular weight is 412 g/mol. The zero-order valence-electron chi connectivity index (χ0n) is 16.0. The van der Waals surface area contributed by atoms with Crippen molar-refractivity contribution in [3.63, 3.8) is 0 Å². The van der Waals surface area contributed by atoms with Crippen molar-refractivity contribution in [2.75, 3.05) is 7.05 Å². The van der Waals surface area contributed by atoms with Crippen LogP contribution in [0.2, 0.25) is 0 Å². The maximum atomic E-state index is 12.4. The minimum atomic E-state index is -0.429. The van der Waals surface area contributed by atoms with Crippen LogP contribution in [0.15, 0.2) is 46.2 Å². The summed E-state index contributed by atoms with van der Waals surface area (Å²) >= 11 is 1.58. The van der Waals surface area contributed by atoms with Gasteiger partial charge in [0.1, 0.15) is 11.8 Å². The van der Waals surface area contributed by atoms with Gasteiger partial charge in [-0.1, -0.05) is 5.16 Å². The SMILES string of the molecule is Cc1cn2cc(CNC(=O)c3ccc(CN(C)Cc4ccon4)[nH]c3=O)nc2s1. The summed E-state index contributed by atoms with van der Waals surface area (Å²) in [5.74, 6) is -0.429. The number of hydrogen-bond acceptors (Lipinski definition) is 7. The number of hydrogen-bond donors (Lipinski definition) is 2. The Morgan fingerprint density at radius 1 is 1.28 bits per heavy atom. The van der Waals surface area contributed by atoms with Crippen LogP contribution in [0.4, 0.5) is 0 Å². The van der Waals surface area contributed by atoms with E-state index in [0.717, 1.165) is 16.3 Å². The van der Waals surface area contributed by atoms with Crippen LogP contribution in [0.1, 0.15) is 32.3 Å². The van der Waals surface area contributed by atoms with E-state index in [4.69, 9.17) is 4.52 Å². The molecule has 0 radical (unpaired) electrons. The van der Waals surface area contributed by atoms with Crippen LogP contribution in [0.25, 0.3) is 4.96 Å². The molecule has 0 atom stereocenters. The first kappa shape index (κ1) is 19.1. The number of aromatic amines is 1.